The van der Waals surface area contributed by atoms with Gasteiger partial charge >= 0.3 is 0 Å². The van der Waals surface area contributed by atoms with Crippen molar-refractivity contribution >= 4 is 5.91 Å². The Hall–Kier alpha value is -1.91. The van der Waals surface area contributed by atoms with E-state index in [9.17, 15) is 4.79 Å². The lowest BCUT2D eigenvalue weighted by Gasteiger charge is -2.13. The highest BCUT2D eigenvalue weighted by Crippen LogP contribution is 2.34. The lowest BCUT2D eigenvalue weighted by Crippen LogP contribution is -2.23. The Morgan fingerprint density at radius 1 is 1.06 bits per heavy atom. The first-order chi connectivity index (χ1) is 8.17. The van der Waals surface area contributed by atoms with Crippen LogP contribution < -0.4 is 19.5 Å². The summed E-state index contributed by atoms with van der Waals surface area (Å²) in [6.45, 7) is 2.40. The van der Waals surface area contributed by atoms with Gasteiger partial charge in [-0.1, -0.05) is 0 Å². The van der Waals surface area contributed by atoms with Crippen molar-refractivity contribution in [1.82, 2.24) is 5.32 Å². The Bertz CT molecular complexity index is 404. The predicted molar refractivity (Wildman–Crippen MR) is 64.1 cm³/mol. The molecule has 0 spiro atoms. The number of carbonyl (C=O) groups is 1. The van der Waals surface area contributed by atoms with Crippen molar-refractivity contribution in [2.24, 2.45) is 0 Å². The van der Waals surface area contributed by atoms with E-state index < -0.39 is 0 Å². The molecule has 0 bridgehead atoms. The molecule has 0 saturated heterocycles. The zero-order valence-electron chi connectivity index (χ0n) is 10.5. The standard InChI is InChI=1S/C12H17NO4/c1-5-13-12(14)8-6-10(16-3)11(17-4)7-9(8)15-2/h6-7H,5H2,1-4H3,(H,13,14). The molecule has 0 fully saturated rings. The quantitative estimate of drug-likeness (QED) is 0.845. The maximum absolute atomic E-state index is 11.8. The van der Waals surface area contributed by atoms with Gasteiger partial charge in [-0.05, 0) is 6.92 Å². The summed E-state index contributed by atoms with van der Waals surface area (Å²) in [5.41, 5.74) is 0.423. The number of carbonyl (C=O) groups excluding carboxylic acids is 1. The first kappa shape index (κ1) is 13.2. The van der Waals surface area contributed by atoms with E-state index in [-0.39, 0.29) is 5.91 Å². The number of benzene rings is 1. The van der Waals surface area contributed by atoms with Gasteiger partial charge in [0.25, 0.3) is 5.91 Å². The molecule has 0 saturated carbocycles. The zero-order chi connectivity index (χ0) is 12.8. The Morgan fingerprint density at radius 3 is 2.06 bits per heavy atom. The second-order valence-electron chi connectivity index (χ2n) is 3.27. The van der Waals surface area contributed by atoms with Crippen molar-refractivity contribution < 1.29 is 19.0 Å². The van der Waals surface area contributed by atoms with Crippen molar-refractivity contribution in [2.75, 3.05) is 27.9 Å². The summed E-state index contributed by atoms with van der Waals surface area (Å²) >= 11 is 0. The van der Waals surface area contributed by atoms with Crippen LogP contribution >= 0.6 is 0 Å². The third kappa shape index (κ3) is 2.81. The molecule has 0 aliphatic rings. The highest BCUT2D eigenvalue weighted by molar-refractivity contribution is 5.97. The lowest BCUT2D eigenvalue weighted by atomic mass is 10.1. The first-order valence-corrected chi connectivity index (χ1v) is 5.26. The Labute approximate surface area is 101 Å². The largest absolute Gasteiger partial charge is 0.496 e. The number of amides is 1. The van der Waals surface area contributed by atoms with Crippen LogP contribution in [-0.4, -0.2) is 33.8 Å². The molecule has 17 heavy (non-hydrogen) atoms. The van der Waals surface area contributed by atoms with Crippen LogP contribution in [-0.2, 0) is 0 Å². The van der Waals surface area contributed by atoms with Crippen LogP contribution in [0.5, 0.6) is 17.2 Å². The van der Waals surface area contributed by atoms with Gasteiger partial charge in [0.05, 0.1) is 26.9 Å². The van der Waals surface area contributed by atoms with Gasteiger partial charge in [0.2, 0.25) is 0 Å². The van der Waals surface area contributed by atoms with Crippen molar-refractivity contribution in [2.45, 2.75) is 6.92 Å². The minimum absolute atomic E-state index is 0.203. The van der Waals surface area contributed by atoms with Gasteiger partial charge in [-0.15, -0.1) is 0 Å². The van der Waals surface area contributed by atoms with Crippen molar-refractivity contribution in [3.8, 4) is 17.2 Å². The molecule has 1 aromatic carbocycles. The number of hydrogen-bond acceptors (Lipinski definition) is 4. The summed E-state index contributed by atoms with van der Waals surface area (Å²) in [7, 11) is 4.55. The Morgan fingerprint density at radius 2 is 1.59 bits per heavy atom. The Balaban J connectivity index is 3.23. The molecule has 94 valence electrons. The molecule has 0 aliphatic carbocycles. The SMILES string of the molecule is CCNC(=O)c1cc(OC)c(OC)cc1OC. The zero-order valence-corrected chi connectivity index (χ0v) is 10.5. The van der Waals surface area contributed by atoms with E-state index in [1.54, 1.807) is 12.1 Å². The second kappa shape index (κ2) is 5.98. The van der Waals surface area contributed by atoms with E-state index in [0.717, 1.165) is 0 Å². The van der Waals surface area contributed by atoms with E-state index in [2.05, 4.69) is 5.32 Å². The molecular formula is C12H17NO4. The van der Waals surface area contributed by atoms with Gasteiger partial charge in [-0.2, -0.15) is 0 Å². The first-order valence-electron chi connectivity index (χ1n) is 5.26. The van der Waals surface area contributed by atoms with Gasteiger partial charge in [0.15, 0.2) is 11.5 Å². The number of ether oxygens (including phenoxy) is 3. The highest BCUT2D eigenvalue weighted by atomic mass is 16.5. The summed E-state index contributed by atoms with van der Waals surface area (Å²) in [4.78, 5) is 11.8. The fourth-order valence-corrected chi connectivity index (χ4v) is 1.46. The minimum Gasteiger partial charge on any atom is -0.496 e. The fraction of sp³-hybridized carbons (Fsp3) is 0.417. The second-order valence-corrected chi connectivity index (χ2v) is 3.27. The minimum atomic E-state index is -0.203. The molecule has 0 aromatic heterocycles. The molecule has 0 aliphatic heterocycles. The molecule has 0 atom stereocenters. The third-order valence-electron chi connectivity index (χ3n) is 2.29. The predicted octanol–water partition coefficient (Wildman–Crippen LogP) is 1.46. The van der Waals surface area contributed by atoms with Crippen LogP contribution in [0.15, 0.2) is 12.1 Å². The van der Waals surface area contributed by atoms with Crippen LogP contribution in [0.1, 0.15) is 17.3 Å². The molecule has 1 rings (SSSR count). The highest BCUT2D eigenvalue weighted by Gasteiger charge is 2.16. The molecule has 1 aromatic rings. The number of hydrogen-bond donors (Lipinski definition) is 1. The van der Waals surface area contributed by atoms with E-state index in [0.29, 0.717) is 29.4 Å². The maximum atomic E-state index is 11.8. The smallest absolute Gasteiger partial charge is 0.255 e. The molecule has 5 heteroatoms. The van der Waals surface area contributed by atoms with Crippen LogP contribution in [0, 0.1) is 0 Å². The Kier molecular flexibility index (Phi) is 4.63. The average molecular weight is 239 g/mol. The molecule has 1 N–H and O–H groups in total. The van der Waals surface area contributed by atoms with Gasteiger partial charge in [0, 0.05) is 18.7 Å². The van der Waals surface area contributed by atoms with Crippen LogP contribution in [0.3, 0.4) is 0 Å². The van der Waals surface area contributed by atoms with Gasteiger partial charge in [0.1, 0.15) is 5.75 Å². The van der Waals surface area contributed by atoms with Crippen LogP contribution in [0.2, 0.25) is 0 Å². The third-order valence-corrected chi connectivity index (χ3v) is 2.29. The monoisotopic (exact) mass is 239 g/mol. The van der Waals surface area contributed by atoms with Crippen molar-refractivity contribution in [3.05, 3.63) is 17.7 Å². The average Bonchev–Trinajstić information content (AvgIpc) is 2.37. The van der Waals surface area contributed by atoms with Crippen molar-refractivity contribution in [1.29, 1.82) is 0 Å². The van der Waals surface area contributed by atoms with Gasteiger partial charge < -0.3 is 19.5 Å². The molecule has 0 heterocycles. The number of methoxy groups -OCH3 is 3. The summed E-state index contributed by atoms with van der Waals surface area (Å²) in [5, 5.41) is 2.71. The van der Waals surface area contributed by atoms with Crippen LogP contribution in [0.25, 0.3) is 0 Å². The van der Waals surface area contributed by atoms with E-state index in [4.69, 9.17) is 14.2 Å². The van der Waals surface area contributed by atoms with Crippen LogP contribution in [0.4, 0.5) is 0 Å². The molecule has 1 amide bonds. The topological polar surface area (TPSA) is 56.8 Å². The van der Waals surface area contributed by atoms with Gasteiger partial charge in [-0.25, -0.2) is 0 Å². The molecule has 0 unspecified atom stereocenters. The number of rotatable bonds is 5. The maximum Gasteiger partial charge on any atom is 0.255 e. The van der Waals surface area contributed by atoms with Crippen molar-refractivity contribution in [3.63, 3.8) is 0 Å². The number of nitrogens with one attached hydrogen (secondary N) is 1. The summed E-state index contributed by atoms with van der Waals surface area (Å²) in [5.74, 6) is 1.27. The molecule has 0 radical (unpaired) electrons. The molecular weight excluding hydrogens is 222 g/mol. The summed E-state index contributed by atoms with van der Waals surface area (Å²) in [6.07, 6.45) is 0. The van der Waals surface area contributed by atoms with Gasteiger partial charge in [-0.3, -0.25) is 4.79 Å². The van der Waals surface area contributed by atoms with E-state index >= 15 is 0 Å². The molecule has 5 nitrogen and oxygen atoms in total. The summed E-state index contributed by atoms with van der Waals surface area (Å²) in [6, 6.07) is 3.23. The van der Waals surface area contributed by atoms with E-state index in [1.165, 1.54) is 21.3 Å². The fourth-order valence-electron chi connectivity index (χ4n) is 1.46. The normalized spacial score (nSPS) is 9.65. The van der Waals surface area contributed by atoms with E-state index in [1.807, 2.05) is 6.92 Å². The summed E-state index contributed by atoms with van der Waals surface area (Å²) < 4.78 is 15.4. The lowest BCUT2D eigenvalue weighted by molar-refractivity contribution is 0.0952.